The number of aliphatic hydroxyl groups is 1. The first-order valence-electron chi connectivity index (χ1n) is 6.39. The van der Waals surface area contributed by atoms with Crippen LogP contribution >= 0.6 is 11.3 Å². The van der Waals surface area contributed by atoms with E-state index in [0.29, 0.717) is 10.4 Å². The summed E-state index contributed by atoms with van der Waals surface area (Å²) in [6, 6.07) is 7.28. The van der Waals surface area contributed by atoms with Crippen LogP contribution < -0.4 is 4.31 Å². The molecule has 1 aromatic carbocycles. The van der Waals surface area contributed by atoms with Crippen LogP contribution in [0.15, 0.2) is 34.5 Å². The number of aliphatic hydroxyl groups excluding tert-OH is 1. The number of thiophene rings is 1. The van der Waals surface area contributed by atoms with Crippen LogP contribution in [0.2, 0.25) is 0 Å². The fourth-order valence-corrected chi connectivity index (χ4v) is 5.05. The summed E-state index contributed by atoms with van der Waals surface area (Å²) in [6.45, 7) is 3.30. The van der Waals surface area contributed by atoms with E-state index in [2.05, 4.69) is 0 Å². The van der Waals surface area contributed by atoms with Crippen molar-refractivity contribution in [1.29, 1.82) is 0 Å². The molecule has 0 bridgehead atoms. The van der Waals surface area contributed by atoms with Gasteiger partial charge in [-0.15, -0.1) is 11.3 Å². The highest BCUT2D eigenvalue weighted by molar-refractivity contribution is 7.94. The third-order valence-corrected chi connectivity index (χ3v) is 6.65. The fraction of sp³-hybridized carbons (Fsp3) is 0.286. The molecule has 0 spiro atoms. The summed E-state index contributed by atoms with van der Waals surface area (Å²) >= 11 is 1.01. The Morgan fingerprint density at radius 1 is 1.33 bits per heavy atom. The van der Waals surface area contributed by atoms with Gasteiger partial charge >= 0.3 is 0 Å². The predicted molar refractivity (Wildman–Crippen MR) is 81.6 cm³/mol. The Bertz CT molecular complexity index is 740. The zero-order chi connectivity index (χ0) is 15.6. The molecule has 0 unspecified atom stereocenters. The molecule has 114 valence electrons. The van der Waals surface area contributed by atoms with Crippen LogP contribution in [-0.4, -0.2) is 20.1 Å². The van der Waals surface area contributed by atoms with Crippen molar-refractivity contribution in [3.05, 3.63) is 46.6 Å². The van der Waals surface area contributed by atoms with Crippen molar-refractivity contribution < 1.29 is 17.9 Å². The van der Waals surface area contributed by atoms with E-state index in [1.165, 1.54) is 24.3 Å². The number of benzene rings is 1. The lowest BCUT2D eigenvalue weighted by molar-refractivity contribution is 0.285. The van der Waals surface area contributed by atoms with Crippen LogP contribution in [0.3, 0.4) is 0 Å². The second-order valence-electron chi connectivity index (χ2n) is 4.45. The molecule has 0 saturated heterocycles. The van der Waals surface area contributed by atoms with Gasteiger partial charge in [0.05, 0.1) is 12.3 Å². The first kappa shape index (κ1) is 15.9. The summed E-state index contributed by atoms with van der Waals surface area (Å²) in [5, 5.41) is 9.20. The Balaban J connectivity index is 2.52. The van der Waals surface area contributed by atoms with Gasteiger partial charge in [0.1, 0.15) is 10.0 Å². The summed E-state index contributed by atoms with van der Waals surface area (Å²) in [6.07, 6.45) is 0. The van der Waals surface area contributed by atoms with Crippen LogP contribution in [0.4, 0.5) is 10.1 Å². The van der Waals surface area contributed by atoms with Gasteiger partial charge in [-0.25, -0.2) is 12.8 Å². The topological polar surface area (TPSA) is 57.6 Å². The molecule has 2 rings (SSSR count). The van der Waals surface area contributed by atoms with Gasteiger partial charge in [-0.1, -0.05) is 12.1 Å². The van der Waals surface area contributed by atoms with Crippen LogP contribution in [0.5, 0.6) is 0 Å². The molecule has 0 amide bonds. The minimum Gasteiger partial charge on any atom is -0.391 e. The summed E-state index contributed by atoms with van der Waals surface area (Å²) < 4.78 is 40.4. The van der Waals surface area contributed by atoms with Crippen molar-refractivity contribution in [2.24, 2.45) is 0 Å². The first-order valence-corrected chi connectivity index (χ1v) is 8.65. The third kappa shape index (κ3) is 2.95. The van der Waals surface area contributed by atoms with Crippen LogP contribution in [0.1, 0.15) is 17.4 Å². The maximum Gasteiger partial charge on any atom is 0.273 e. The number of halogens is 1. The minimum absolute atomic E-state index is 0.0246. The number of nitrogens with zero attached hydrogens (tertiary/aromatic N) is 1. The van der Waals surface area contributed by atoms with E-state index in [-0.39, 0.29) is 23.0 Å². The van der Waals surface area contributed by atoms with E-state index in [1.807, 2.05) is 0 Å². The molecule has 0 fully saturated rings. The molecule has 0 radical (unpaired) electrons. The van der Waals surface area contributed by atoms with Gasteiger partial charge in [-0.3, -0.25) is 4.31 Å². The van der Waals surface area contributed by atoms with Gasteiger partial charge in [0.2, 0.25) is 0 Å². The molecule has 2 aromatic rings. The van der Waals surface area contributed by atoms with Gasteiger partial charge < -0.3 is 5.11 Å². The number of anilines is 1. The SMILES string of the molecule is CCN(c1ccccc1F)S(=O)(=O)c1cc(C)c(CO)s1. The summed E-state index contributed by atoms with van der Waals surface area (Å²) in [4.78, 5) is 0.596. The monoisotopic (exact) mass is 329 g/mol. The molecular formula is C14H16FNO3S2. The molecule has 0 atom stereocenters. The number of aryl methyl sites for hydroxylation is 1. The Kier molecular flexibility index (Phi) is 4.65. The molecule has 1 N–H and O–H groups in total. The highest BCUT2D eigenvalue weighted by Crippen LogP contribution is 2.31. The number of hydrogen-bond donors (Lipinski definition) is 1. The van der Waals surface area contributed by atoms with E-state index in [1.54, 1.807) is 19.9 Å². The van der Waals surface area contributed by atoms with Crippen molar-refractivity contribution in [2.75, 3.05) is 10.8 Å². The van der Waals surface area contributed by atoms with Gasteiger partial charge in [0, 0.05) is 11.4 Å². The van der Waals surface area contributed by atoms with Crippen molar-refractivity contribution >= 4 is 27.0 Å². The van der Waals surface area contributed by atoms with Crippen molar-refractivity contribution in [3.8, 4) is 0 Å². The number of sulfonamides is 1. The average molecular weight is 329 g/mol. The lowest BCUT2D eigenvalue weighted by Crippen LogP contribution is -2.30. The minimum atomic E-state index is -3.84. The van der Waals surface area contributed by atoms with E-state index >= 15 is 0 Å². The number of hydrogen-bond acceptors (Lipinski definition) is 4. The first-order chi connectivity index (χ1) is 9.91. The molecule has 7 heteroatoms. The van der Waals surface area contributed by atoms with Crippen LogP contribution in [0, 0.1) is 12.7 Å². The van der Waals surface area contributed by atoms with E-state index < -0.39 is 15.8 Å². The van der Waals surface area contributed by atoms with E-state index in [4.69, 9.17) is 0 Å². The Morgan fingerprint density at radius 2 is 2.00 bits per heavy atom. The maximum absolute atomic E-state index is 13.9. The van der Waals surface area contributed by atoms with E-state index in [9.17, 15) is 17.9 Å². The summed E-state index contributed by atoms with van der Waals surface area (Å²) in [5.74, 6) is -0.585. The largest absolute Gasteiger partial charge is 0.391 e. The molecule has 0 aliphatic heterocycles. The lowest BCUT2D eigenvalue weighted by Gasteiger charge is -2.22. The summed E-state index contributed by atoms with van der Waals surface area (Å²) in [7, 11) is -3.84. The zero-order valence-electron chi connectivity index (χ0n) is 11.7. The lowest BCUT2D eigenvalue weighted by atomic mass is 10.3. The highest BCUT2D eigenvalue weighted by Gasteiger charge is 2.27. The fourth-order valence-electron chi connectivity index (χ4n) is 2.01. The standard InChI is InChI=1S/C14H16FNO3S2/c1-3-16(12-7-5-4-6-11(12)15)21(18,19)14-8-10(2)13(9-17)20-14/h4-8,17H,3,9H2,1-2H3. The quantitative estimate of drug-likeness (QED) is 0.917. The van der Waals surface area contributed by atoms with Crippen molar-refractivity contribution in [1.82, 2.24) is 0 Å². The van der Waals surface area contributed by atoms with Crippen molar-refractivity contribution in [2.45, 2.75) is 24.7 Å². The highest BCUT2D eigenvalue weighted by atomic mass is 32.2. The molecule has 0 aliphatic carbocycles. The Morgan fingerprint density at radius 3 is 2.52 bits per heavy atom. The average Bonchev–Trinajstić information content (AvgIpc) is 2.83. The number of rotatable bonds is 5. The molecular weight excluding hydrogens is 313 g/mol. The molecule has 4 nitrogen and oxygen atoms in total. The molecule has 21 heavy (non-hydrogen) atoms. The van der Waals surface area contributed by atoms with Crippen molar-refractivity contribution in [3.63, 3.8) is 0 Å². The van der Waals surface area contributed by atoms with E-state index in [0.717, 1.165) is 15.6 Å². The smallest absolute Gasteiger partial charge is 0.273 e. The normalized spacial score (nSPS) is 11.6. The van der Waals surface area contributed by atoms with Gasteiger partial charge in [-0.05, 0) is 37.6 Å². The second kappa shape index (κ2) is 6.13. The summed E-state index contributed by atoms with van der Waals surface area (Å²) in [5.41, 5.74) is 0.738. The maximum atomic E-state index is 13.9. The molecule has 1 aromatic heterocycles. The zero-order valence-corrected chi connectivity index (χ0v) is 13.3. The molecule has 0 aliphatic rings. The van der Waals surface area contributed by atoms with Crippen LogP contribution in [-0.2, 0) is 16.6 Å². The van der Waals surface area contributed by atoms with Crippen LogP contribution in [0.25, 0.3) is 0 Å². The molecule has 0 saturated carbocycles. The third-order valence-electron chi connectivity index (χ3n) is 3.09. The van der Waals surface area contributed by atoms with Gasteiger partial charge in [0.15, 0.2) is 0 Å². The van der Waals surface area contributed by atoms with Gasteiger partial charge in [-0.2, -0.15) is 0 Å². The predicted octanol–water partition coefficient (Wildman–Crippen LogP) is 2.90. The van der Waals surface area contributed by atoms with Gasteiger partial charge in [0.25, 0.3) is 10.0 Å². The Hall–Kier alpha value is -1.44. The molecule has 1 heterocycles. The Labute approximate surface area is 127 Å². The number of para-hydroxylation sites is 1. The second-order valence-corrected chi connectivity index (χ2v) is 7.68.